The van der Waals surface area contributed by atoms with Gasteiger partial charge in [-0.05, 0) is 55.5 Å². The van der Waals surface area contributed by atoms with Crippen LogP contribution in [0, 0.1) is 3.57 Å². The van der Waals surface area contributed by atoms with Gasteiger partial charge in [0.25, 0.3) is 0 Å². The molecule has 0 radical (unpaired) electrons. The van der Waals surface area contributed by atoms with E-state index >= 15 is 0 Å². The van der Waals surface area contributed by atoms with Gasteiger partial charge in [0.2, 0.25) is 0 Å². The van der Waals surface area contributed by atoms with Crippen LogP contribution in [0.4, 0.5) is 10.5 Å². The van der Waals surface area contributed by atoms with E-state index in [0.29, 0.717) is 3.57 Å². The highest BCUT2D eigenvalue weighted by Gasteiger charge is 2.19. The van der Waals surface area contributed by atoms with Crippen LogP contribution >= 0.6 is 22.6 Å². The summed E-state index contributed by atoms with van der Waals surface area (Å²) >= 11 is 1.80. The van der Waals surface area contributed by atoms with Crippen LogP contribution in [0.3, 0.4) is 0 Å². The van der Waals surface area contributed by atoms with Crippen molar-refractivity contribution in [2.75, 3.05) is 5.32 Å². The SMILES string of the molecule is CC(C)(C)OC(=O)Nc1cc(C(=O)O)cc(O)c1I. The van der Waals surface area contributed by atoms with Gasteiger partial charge in [-0.3, -0.25) is 5.32 Å². The summed E-state index contributed by atoms with van der Waals surface area (Å²) in [5.74, 6) is -1.41. The molecule has 6 nitrogen and oxygen atoms in total. The van der Waals surface area contributed by atoms with Crippen molar-refractivity contribution in [2.45, 2.75) is 26.4 Å². The number of phenolic OH excluding ortho intramolecular Hbond substituents is 1. The standard InChI is InChI=1S/C12H14INO5/c1-12(2,3)19-11(18)14-7-4-6(10(16)17)5-8(15)9(7)13/h4-5,15H,1-3H3,(H,14,18)(H,16,17). The predicted molar refractivity (Wildman–Crippen MR) is 77.6 cm³/mol. The minimum absolute atomic E-state index is 0.121. The lowest BCUT2D eigenvalue weighted by Crippen LogP contribution is -2.27. The molecule has 0 saturated carbocycles. The summed E-state index contributed by atoms with van der Waals surface area (Å²) in [5.41, 5.74) is -0.599. The second-order valence-corrected chi connectivity index (χ2v) is 5.87. The summed E-state index contributed by atoms with van der Waals surface area (Å²) < 4.78 is 5.40. The van der Waals surface area contributed by atoms with Gasteiger partial charge in [0.15, 0.2) is 0 Å². The van der Waals surface area contributed by atoms with Gasteiger partial charge in [-0.1, -0.05) is 0 Å². The lowest BCUT2D eigenvalue weighted by molar-refractivity contribution is 0.0632. The van der Waals surface area contributed by atoms with Crippen LogP contribution in [-0.4, -0.2) is 27.9 Å². The van der Waals surface area contributed by atoms with Gasteiger partial charge >= 0.3 is 12.1 Å². The minimum Gasteiger partial charge on any atom is -0.507 e. The van der Waals surface area contributed by atoms with Crippen molar-refractivity contribution in [1.29, 1.82) is 0 Å². The Bertz CT molecular complexity index is 522. The number of hydrogen-bond donors (Lipinski definition) is 3. The first kappa shape index (κ1) is 15.5. The molecule has 1 amide bonds. The molecule has 19 heavy (non-hydrogen) atoms. The summed E-state index contributed by atoms with van der Waals surface area (Å²) in [6.45, 7) is 5.13. The number of nitrogens with one attached hydrogen (secondary N) is 1. The molecule has 0 bridgehead atoms. The topological polar surface area (TPSA) is 95.9 Å². The molecule has 0 aromatic heterocycles. The molecular weight excluding hydrogens is 365 g/mol. The Hall–Kier alpha value is -1.51. The van der Waals surface area contributed by atoms with E-state index in [1.165, 1.54) is 6.07 Å². The van der Waals surface area contributed by atoms with Gasteiger partial charge in [-0.15, -0.1) is 0 Å². The van der Waals surface area contributed by atoms with E-state index in [9.17, 15) is 14.7 Å². The van der Waals surface area contributed by atoms with E-state index in [0.717, 1.165) is 6.07 Å². The molecule has 0 spiro atoms. The monoisotopic (exact) mass is 379 g/mol. The maximum Gasteiger partial charge on any atom is 0.412 e. The van der Waals surface area contributed by atoms with Crippen LogP contribution in [0.5, 0.6) is 5.75 Å². The number of ether oxygens (including phenoxy) is 1. The molecule has 7 heteroatoms. The number of halogens is 1. The van der Waals surface area contributed by atoms with Gasteiger partial charge in [-0.25, -0.2) is 9.59 Å². The first-order valence-corrected chi connectivity index (χ1v) is 6.44. The van der Waals surface area contributed by atoms with Crippen molar-refractivity contribution in [3.8, 4) is 5.75 Å². The average molecular weight is 379 g/mol. The second kappa shape index (κ2) is 5.64. The molecule has 0 fully saturated rings. The molecule has 0 atom stereocenters. The molecule has 3 N–H and O–H groups in total. The van der Waals surface area contributed by atoms with Crippen LogP contribution in [0.25, 0.3) is 0 Å². The van der Waals surface area contributed by atoms with Crippen molar-refractivity contribution in [3.05, 3.63) is 21.3 Å². The van der Waals surface area contributed by atoms with Crippen molar-refractivity contribution < 1.29 is 24.5 Å². The number of carbonyl (C=O) groups excluding carboxylic acids is 1. The molecule has 104 valence electrons. The number of carboxylic acid groups (broad SMARTS) is 1. The maximum atomic E-state index is 11.6. The largest absolute Gasteiger partial charge is 0.507 e. The Balaban J connectivity index is 3.01. The van der Waals surface area contributed by atoms with E-state index in [1.807, 2.05) is 0 Å². The molecule has 0 aliphatic rings. The fraction of sp³-hybridized carbons (Fsp3) is 0.333. The Morgan fingerprint density at radius 2 is 1.89 bits per heavy atom. The van der Waals surface area contributed by atoms with E-state index in [1.54, 1.807) is 43.4 Å². The van der Waals surface area contributed by atoms with Crippen molar-refractivity contribution >= 4 is 40.3 Å². The zero-order valence-corrected chi connectivity index (χ0v) is 12.8. The lowest BCUT2D eigenvalue weighted by atomic mass is 10.2. The number of hydrogen-bond acceptors (Lipinski definition) is 4. The number of amides is 1. The normalized spacial score (nSPS) is 10.9. The van der Waals surface area contributed by atoms with Gasteiger partial charge in [0.05, 0.1) is 14.8 Å². The zero-order chi connectivity index (χ0) is 14.8. The lowest BCUT2D eigenvalue weighted by Gasteiger charge is -2.20. The number of aromatic carboxylic acids is 1. The molecule has 0 heterocycles. The maximum absolute atomic E-state index is 11.6. The highest BCUT2D eigenvalue weighted by atomic mass is 127. The van der Waals surface area contributed by atoms with Crippen molar-refractivity contribution in [1.82, 2.24) is 0 Å². The number of aromatic hydroxyl groups is 1. The third-order valence-corrected chi connectivity index (χ3v) is 3.07. The first-order valence-electron chi connectivity index (χ1n) is 5.36. The molecule has 1 aromatic carbocycles. The molecule has 1 rings (SSSR count). The van der Waals surface area contributed by atoms with Gasteiger partial charge in [0.1, 0.15) is 11.4 Å². The average Bonchev–Trinajstić information content (AvgIpc) is 2.21. The quantitative estimate of drug-likeness (QED) is 0.687. The van der Waals surface area contributed by atoms with E-state index in [4.69, 9.17) is 9.84 Å². The van der Waals surface area contributed by atoms with Crippen LogP contribution < -0.4 is 5.32 Å². The molecule has 0 aliphatic carbocycles. The highest BCUT2D eigenvalue weighted by molar-refractivity contribution is 14.1. The summed E-state index contributed by atoms with van der Waals surface area (Å²) in [4.78, 5) is 22.5. The summed E-state index contributed by atoms with van der Waals surface area (Å²) in [6, 6.07) is 2.37. The molecule has 1 aromatic rings. The third-order valence-electron chi connectivity index (χ3n) is 1.94. The number of carboxylic acids is 1. The number of benzene rings is 1. The van der Waals surface area contributed by atoms with Crippen LogP contribution in [-0.2, 0) is 4.74 Å². The van der Waals surface area contributed by atoms with Gasteiger partial charge < -0.3 is 14.9 Å². The summed E-state index contributed by atoms with van der Waals surface area (Å²) in [6.07, 6.45) is -0.715. The number of rotatable bonds is 2. The summed E-state index contributed by atoms with van der Waals surface area (Å²) in [7, 11) is 0. The molecule has 0 aliphatic heterocycles. The smallest absolute Gasteiger partial charge is 0.412 e. The van der Waals surface area contributed by atoms with Gasteiger partial charge in [-0.2, -0.15) is 0 Å². The minimum atomic E-state index is -1.20. The first-order chi connectivity index (χ1) is 8.60. The van der Waals surface area contributed by atoms with Crippen LogP contribution in [0.15, 0.2) is 12.1 Å². The highest BCUT2D eigenvalue weighted by Crippen LogP contribution is 2.29. The Kier molecular flexibility index (Phi) is 4.61. The fourth-order valence-electron chi connectivity index (χ4n) is 1.24. The molecular formula is C12H14INO5. The number of anilines is 1. The number of phenols is 1. The van der Waals surface area contributed by atoms with Crippen molar-refractivity contribution in [2.24, 2.45) is 0 Å². The second-order valence-electron chi connectivity index (χ2n) is 4.79. The van der Waals surface area contributed by atoms with E-state index in [2.05, 4.69) is 5.32 Å². The van der Waals surface area contributed by atoms with E-state index < -0.39 is 17.7 Å². The Morgan fingerprint density at radius 1 is 1.32 bits per heavy atom. The van der Waals surface area contributed by atoms with E-state index in [-0.39, 0.29) is 17.0 Å². The van der Waals surface area contributed by atoms with Crippen LogP contribution in [0.1, 0.15) is 31.1 Å². The van der Waals surface area contributed by atoms with Crippen molar-refractivity contribution in [3.63, 3.8) is 0 Å². The molecule has 0 unspecified atom stereocenters. The zero-order valence-electron chi connectivity index (χ0n) is 10.7. The third kappa shape index (κ3) is 4.58. The predicted octanol–water partition coefficient (Wildman–Crippen LogP) is 3.04. The Labute approximate surface area is 123 Å². The van der Waals surface area contributed by atoms with Gasteiger partial charge in [0, 0.05) is 0 Å². The molecule has 0 saturated heterocycles. The Morgan fingerprint density at radius 3 is 2.37 bits per heavy atom. The fourth-order valence-corrected chi connectivity index (χ4v) is 1.68. The number of carbonyl (C=O) groups is 2. The van der Waals surface area contributed by atoms with Crippen LogP contribution in [0.2, 0.25) is 0 Å². The summed E-state index contributed by atoms with van der Waals surface area (Å²) in [5, 5.41) is 20.9.